The first-order chi connectivity index (χ1) is 29.2. The number of rotatable bonds is 2. The zero-order chi connectivity index (χ0) is 40.2. The third kappa shape index (κ3) is 4.40. The van der Waals surface area contributed by atoms with Crippen LogP contribution in [0.5, 0.6) is 0 Å². The largest absolute Gasteiger partial charge is 0.455 e. The Morgan fingerprint density at radius 3 is 2.15 bits per heavy atom. The highest BCUT2D eigenvalue weighted by Crippen LogP contribution is 2.58. The molecule has 60 heavy (non-hydrogen) atoms. The monoisotopic (exact) mass is 788 g/mol. The van der Waals surface area contributed by atoms with Gasteiger partial charge in [-0.2, -0.15) is 0 Å². The van der Waals surface area contributed by atoms with Gasteiger partial charge in [-0.05, 0) is 97.9 Å². The maximum absolute atomic E-state index is 7.11. The second kappa shape index (κ2) is 11.8. The fourth-order valence-corrected chi connectivity index (χ4v) is 12.1. The van der Waals surface area contributed by atoms with Crippen LogP contribution in [-0.2, 0) is 10.8 Å². The zero-order valence-electron chi connectivity index (χ0n) is 34.3. The minimum atomic E-state index is -0.218. The molecule has 0 spiro atoms. The van der Waals surface area contributed by atoms with Crippen LogP contribution >= 0.6 is 11.3 Å². The first-order valence-electron chi connectivity index (χ1n) is 21.1. The topological polar surface area (TPSA) is 19.6 Å². The highest BCUT2D eigenvalue weighted by molar-refractivity contribution is 7.26. The van der Waals surface area contributed by atoms with E-state index in [1.165, 1.54) is 98.5 Å². The first-order valence-corrected chi connectivity index (χ1v) is 21.9. The number of para-hydroxylation sites is 3. The summed E-state index contributed by atoms with van der Waals surface area (Å²) in [5.41, 5.74) is 19.2. The molecule has 0 atom stereocenters. The molecule has 0 N–H and O–H groups in total. The van der Waals surface area contributed by atoms with Gasteiger partial charge in [0.25, 0.3) is 0 Å². The maximum atomic E-state index is 7.11. The Hall–Kier alpha value is -6.56. The quantitative estimate of drug-likeness (QED) is 0.163. The fraction of sp³-hybridized carbons (Fsp3) is 0.127. The Bertz CT molecular complexity index is 3480. The summed E-state index contributed by atoms with van der Waals surface area (Å²) in [6.07, 6.45) is 0. The van der Waals surface area contributed by atoms with Crippen LogP contribution in [0.3, 0.4) is 0 Å². The zero-order valence-corrected chi connectivity index (χ0v) is 35.1. The molecule has 0 saturated heterocycles. The van der Waals surface area contributed by atoms with E-state index in [-0.39, 0.29) is 17.7 Å². The number of hydrogen-bond donors (Lipinski definition) is 0. The third-order valence-electron chi connectivity index (χ3n) is 13.8. The highest BCUT2D eigenvalue weighted by atomic mass is 32.1. The third-order valence-corrected chi connectivity index (χ3v) is 14.9. The lowest BCUT2D eigenvalue weighted by Gasteiger charge is -2.51. The summed E-state index contributed by atoms with van der Waals surface area (Å²) in [5, 5.41) is 4.92. The average molecular weight is 789 g/mol. The molecule has 3 aliphatic rings. The number of nitrogens with zero attached hydrogens (tertiary/aromatic N) is 2. The van der Waals surface area contributed by atoms with Crippen LogP contribution in [0.4, 0.5) is 28.4 Å². The van der Waals surface area contributed by atoms with Crippen molar-refractivity contribution in [2.24, 2.45) is 0 Å². The highest BCUT2D eigenvalue weighted by Gasteiger charge is 2.52. The molecule has 0 amide bonds. The van der Waals surface area contributed by atoms with Gasteiger partial charge in [-0.25, -0.2) is 0 Å². The lowest BCUT2D eigenvalue weighted by Crippen LogP contribution is -2.63. The SMILES string of the molecule is CC(C)(C)c1ccc(N2c3cc4c(oc5ccccc54)c4c3B(c3c2ccc2sc5ccccc5c32)N2c3ccccc3C(C)(C)c3cccc-4c32)c(-c2ccccc2)c1. The van der Waals surface area contributed by atoms with Crippen molar-refractivity contribution in [2.45, 2.75) is 45.4 Å². The van der Waals surface area contributed by atoms with Gasteiger partial charge < -0.3 is 14.1 Å². The number of hydrogen-bond acceptors (Lipinski definition) is 4. The van der Waals surface area contributed by atoms with Crippen LogP contribution in [0.1, 0.15) is 51.3 Å². The van der Waals surface area contributed by atoms with Gasteiger partial charge in [-0.15, -0.1) is 11.3 Å². The van der Waals surface area contributed by atoms with E-state index >= 15 is 0 Å². The fourth-order valence-electron chi connectivity index (χ4n) is 11.0. The van der Waals surface area contributed by atoms with E-state index in [0.717, 1.165) is 21.9 Å². The predicted molar refractivity (Wildman–Crippen MR) is 257 cm³/mol. The van der Waals surface area contributed by atoms with Crippen molar-refractivity contribution < 1.29 is 4.42 Å². The van der Waals surface area contributed by atoms with Gasteiger partial charge in [0.1, 0.15) is 11.2 Å². The molecule has 13 rings (SSSR count). The van der Waals surface area contributed by atoms with Crippen molar-refractivity contribution in [3.63, 3.8) is 0 Å². The number of thiophene rings is 1. The summed E-state index contributed by atoms with van der Waals surface area (Å²) < 4.78 is 9.73. The van der Waals surface area contributed by atoms with Gasteiger partial charge in [0.2, 0.25) is 0 Å². The molecule has 2 aromatic heterocycles. The molecule has 3 nitrogen and oxygen atoms in total. The van der Waals surface area contributed by atoms with Crippen LogP contribution in [0.15, 0.2) is 162 Å². The van der Waals surface area contributed by atoms with E-state index in [1.807, 2.05) is 11.3 Å². The van der Waals surface area contributed by atoms with Crippen LogP contribution in [0, 0.1) is 0 Å². The Labute approximate surface area is 354 Å². The average Bonchev–Trinajstić information content (AvgIpc) is 3.84. The van der Waals surface area contributed by atoms with E-state index in [4.69, 9.17) is 4.42 Å². The first kappa shape index (κ1) is 34.3. The second-order valence-electron chi connectivity index (χ2n) is 18.4. The van der Waals surface area contributed by atoms with Gasteiger partial charge in [0.15, 0.2) is 0 Å². The molecule has 0 fully saturated rings. The summed E-state index contributed by atoms with van der Waals surface area (Å²) in [5.74, 6) is 0. The molecule has 0 radical (unpaired) electrons. The van der Waals surface area contributed by atoms with E-state index in [0.29, 0.717) is 0 Å². The van der Waals surface area contributed by atoms with Crippen LogP contribution in [0.25, 0.3) is 64.4 Å². The Morgan fingerprint density at radius 2 is 1.30 bits per heavy atom. The number of fused-ring (bicyclic) bond motifs is 14. The van der Waals surface area contributed by atoms with E-state index in [9.17, 15) is 0 Å². The molecule has 286 valence electrons. The number of furan rings is 1. The van der Waals surface area contributed by atoms with E-state index < -0.39 is 0 Å². The Balaban J connectivity index is 1.26. The number of anilines is 5. The summed E-state index contributed by atoms with van der Waals surface area (Å²) in [6, 6.07) is 59.1. The molecule has 3 aliphatic heterocycles. The molecular formula is C55H41BN2OS. The van der Waals surface area contributed by atoms with Gasteiger partial charge in [-0.3, -0.25) is 0 Å². The Kier molecular flexibility index (Phi) is 6.75. The van der Waals surface area contributed by atoms with Crippen LogP contribution < -0.4 is 20.6 Å². The van der Waals surface area contributed by atoms with Crippen molar-refractivity contribution in [3.05, 3.63) is 174 Å². The van der Waals surface area contributed by atoms with Crippen molar-refractivity contribution >= 4 is 99.7 Å². The maximum Gasteiger partial charge on any atom is 0.333 e. The van der Waals surface area contributed by atoms with Crippen molar-refractivity contribution in [2.75, 3.05) is 9.71 Å². The molecule has 0 unspecified atom stereocenters. The Morgan fingerprint density at radius 1 is 0.567 bits per heavy atom. The normalized spacial score (nSPS) is 14.8. The summed E-state index contributed by atoms with van der Waals surface area (Å²) in [4.78, 5) is 5.33. The molecule has 10 aromatic rings. The summed E-state index contributed by atoms with van der Waals surface area (Å²) in [6.45, 7) is 11.6. The molecule has 5 heteroatoms. The van der Waals surface area contributed by atoms with E-state index in [1.54, 1.807) is 0 Å². The summed E-state index contributed by atoms with van der Waals surface area (Å²) >= 11 is 1.90. The van der Waals surface area contributed by atoms with E-state index in [2.05, 4.69) is 202 Å². The lowest BCUT2D eigenvalue weighted by molar-refractivity contribution is 0.590. The van der Waals surface area contributed by atoms with Gasteiger partial charge >= 0.3 is 6.85 Å². The van der Waals surface area contributed by atoms with Gasteiger partial charge in [0, 0.05) is 65.0 Å². The summed E-state index contributed by atoms with van der Waals surface area (Å²) in [7, 11) is 0. The van der Waals surface area contributed by atoms with Crippen molar-refractivity contribution in [3.8, 4) is 22.3 Å². The van der Waals surface area contributed by atoms with Crippen LogP contribution in [0.2, 0.25) is 0 Å². The van der Waals surface area contributed by atoms with Crippen molar-refractivity contribution in [1.82, 2.24) is 0 Å². The molecule has 0 bridgehead atoms. The lowest BCUT2D eigenvalue weighted by atomic mass is 9.41. The standard InChI is InChI=1S/C55H41BN2OS/c1-54(2,3)33-26-27-41(37(30-33)32-16-7-6-8-17-32)57-43-28-29-47-48(35-19-10-14-25-46(35)60-47)50(43)56-51-44(57)31-38-34-18-9-13-24-45(34)59-53(38)49(51)36-20-15-22-40-52(36)58(56)42-23-12-11-21-39(42)55(40,4)5/h6-31H,1-5H3. The van der Waals surface area contributed by atoms with Gasteiger partial charge in [-0.1, -0.05) is 144 Å². The smallest absolute Gasteiger partial charge is 0.333 e. The molecular weight excluding hydrogens is 747 g/mol. The minimum absolute atomic E-state index is 0.0284. The molecule has 0 aliphatic carbocycles. The minimum Gasteiger partial charge on any atom is -0.455 e. The van der Waals surface area contributed by atoms with Crippen LogP contribution in [-0.4, -0.2) is 6.85 Å². The number of benzene rings is 8. The molecule has 0 saturated carbocycles. The van der Waals surface area contributed by atoms with Crippen molar-refractivity contribution in [1.29, 1.82) is 0 Å². The predicted octanol–water partition coefficient (Wildman–Crippen LogP) is 14.3. The molecule has 8 aromatic carbocycles. The molecule has 5 heterocycles. The second-order valence-corrected chi connectivity index (χ2v) is 19.5. The van der Waals surface area contributed by atoms with Gasteiger partial charge in [0.05, 0.1) is 5.69 Å².